The minimum atomic E-state index is -0.323. The van der Waals surface area contributed by atoms with Gasteiger partial charge in [-0.1, -0.05) is 24.2 Å². The molecule has 2 aromatic rings. The predicted octanol–water partition coefficient (Wildman–Crippen LogP) is 2.56. The average Bonchev–Trinajstić information content (AvgIpc) is 3.20. The molecule has 1 unspecified atom stereocenters. The number of aromatic nitrogens is 1. The molecule has 1 fully saturated rings. The molecule has 0 bridgehead atoms. The van der Waals surface area contributed by atoms with Crippen molar-refractivity contribution in [3.05, 3.63) is 47.3 Å². The number of aryl methyl sites for hydroxylation is 2. The lowest BCUT2D eigenvalue weighted by atomic mass is 10.1. The van der Waals surface area contributed by atoms with E-state index < -0.39 is 0 Å². The van der Waals surface area contributed by atoms with Gasteiger partial charge in [-0.05, 0) is 31.0 Å². The molecular weight excluding hydrogens is 318 g/mol. The molecular formula is C19H23N3O3. The molecule has 3 rings (SSSR count). The van der Waals surface area contributed by atoms with Crippen molar-refractivity contribution in [3.8, 4) is 0 Å². The van der Waals surface area contributed by atoms with Crippen molar-refractivity contribution in [1.82, 2.24) is 10.1 Å². The molecule has 2 amide bonds. The van der Waals surface area contributed by atoms with Crippen LogP contribution >= 0.6 is 0 Å². The van der Waals surface area contributed by atoms with Crippen LogP contribution in [-0.2, 0) is 22.6 Å². The second kappa shape index (κ2) is 7.09. The van der Waals surface area contributed by atoms with Crippen molar-refractivity contribution in [1.29, 1.82) is 0 Å². The number of anilines is 1. The van der Waals surface area contributed by atoms with E-state index in [4.69, 9.17) is 4.52 Å². The third kappa shape index (κ3) is 3.73. The summed E-state index contributed by atoms with van der Waals surface area (Å²) in [5.74, 6) is 0.347. The second-order valence-electron chi connectivity index (χ2n) is 6.55. The zero-order valence-corrected chi connectivity index (χ0v) is 14.9. The Balaban J connectivity index is 1.65. The van der Waals surface area contributed by atoms with Gasteiger partial charge in [-0.3, -0.25) is 9.59 Å². The van der Waals surface area contributed by atoms with Crippen LogP contribution in [0.25, 0.3) is 0 Å². The summed E-state index contributed by atoms with van der Waals surface area (Å²) < 4.78 is 5.03. The van der Waals surface area contributed by atoms with Crippen molar-refractivity contribution < 1.29 is 14.1 Å². The van der Waals surface area contributed by atoms with Gasteiger partial charge in [0.2, 0.25) is 11.8 Å². The van der Waals surface area contributed by atoms with Gasteiger partial charge in [-0.25, -0.2) is 0 Å². The average molecular weight is 341 g/mol. The van der Waals surface area contributed by atoms with Crippen LogP contribution in [0.4, 0.5) is 5.69 Å². The van der Waals surface area contributed by atoms with Gasteiger partial charge in [0.25, 0.3) is 0 Å². The number of carbonyl (C=O) groups is 2. The van der Waals surface area contributed by atoms with Gasteiger partial charge < -0.3 is 14.3 Å². The molecule has 1 atom stereocenters. The second-order valence-corrected chi connectivity index (χ2v) is 6.55. The molecule has 1 saturated heterocycles. The minimum absolute atomic E-state index is 0.00622. The van der Waals surface area contributed by atoms with Gasteiger partial charge in [0.15, 0.2) is 0 Å². The quantitative estimate of drug-likeness (QED) is 0.838. The Morgan fingerprint density at radius 2 is 2.08 bits per heavy atom. The molecule has 2 heterocycles. The summed E-state index contributed by atoms with van der Waals surface area (Å²) in [6.45, 7) is 4.71. The molecule has 0 saturated carbocycles. The molecule has 1 aliphatic rings. The van der Waals surface area contributed by atoms with Crippen LogP contribution in [-0.4, -0.2) is 35.5 Å². The summed E-state index contributed by atoms with van der Waals surface area (Å²) >= 11 is 0. The first-order valence-electron chi connectivity index (χ1n) is 8.54. The van der Waals surface area contributed by atoms with Gasteiger partial charge >= 0.3 is 0 Å². The lowest BCUT2D eigenvalue weighted by Crippen LogP contribution is -2.34. The summed E-state index contributed by atoms with van der Waals surface area (Å²) in [5.41, 5.74) is 2.79. The van der Waals surface area contributed by atoms with Gasteiger partial charge in [0.05, 0.1) is 12.5 Å². The van der Waals surface area contributed by atoms with Crippen molar-refractivity contribution in [2.45, 2.75) is 33.2 Å². The topological polar surface area (TPSA) is 66.7 Å². The maximum absolute atomic E-state index is 12.7. The number of nitrogens with zero attached hydrogens (tertiary/aromatic N) is 3. The molecule has 6 nitrogen and oxygen atoms in total. The maximum Gasteiger partial charge on any atom is 0.228 e. The standard InChI is InChI=1S/C19H23N3O3/c1-4-14-5-7-17(8-6-14)22-11-15(10-18(22)23)19(24)21(3)12-16-9-13(2)25-20-16/h5-9,15H,4,10-12H2,1-3H3. The summed E-state index contributed by atoms with van der Waals surface area (Å²) in [5, 5.41) is 3.91. The van der Waals surface area contributed by atoms with E-state index >= 15 is 0 Å². The number of carbonyl (C=O) groups excluding carboxylic acids is 2. The Bertz CT molecular complexity index is 766. The number of hydrogen-bond donors (Lipinski definition) is 0. The summed E-state index contributed by atoms with van der Waals surface area (Å²) in [6, 6.07) is 9.76. The lowest BCUT2D eigenvalue weighted by Gasteiger charge is -2.20. The van der Waals surface area contributed by atoms with Crippen LogP contribution in [0.3, 0.4) is 0 Å². The highest BCUT2D eigenvalue weighted by Crippen LogP contribution is 2.26. The Labute approximate surface area is 147 Å². The summed E-state index contributed by atoms with van der Waals surface area (Å²) in [4.78, 5) is 28.3. The molecule has 25 heavy (non-hydrogen) atoms. The molecule has 0 spiro atoms. The van der Waals surface area contributed by atoms with Gasteiger partial charge in [-0.2, -0.15) is 0 Å². The normalized spacial score (nSPS) is 17.2. The van der Waals surface area contributed by atoms with Crippen molar-refractivity contribution in [3.63, 3.8) is 0 Å². The van der Waals surface area contributed by atoms with E-state index in [2.05, 4.69) is 12.1 Å². The molecule has 0 aliphatic carbocycles. The molecule has 132 valence electrons. The summed E-state index contributed by atoms with van der Waals surface area (Å²) in [7, 11) is 1.73. The van der Waals surface area contributed by atoms with Crippen molar-refractivity contribution >= 4 is 17.5 Å². The highest BCUT2D eigenvalue weighted by molar-refractivity contribution is 6.00. The monoisotopic (exact) mass is 341 g/mol. The van der Waals surface area contributed by atoms with Gasteiger partial charge in [0.1, 0.15) is 11.5 Å². The van der Waals surface area contributed by atoms with E-state index in [0.717, 1.165) is 12.1 Å². The highest BCUT2D eigenvalue weighted by Gasteiger charge is 2.36. The molecule has 0 radical (unpaired) electrons. The maximum atomic E-state index is 12.7. The van der Waals surface area contributed by atoms with E-state index in [-0.39, 0.29) is 24.2 Å². The van der Waals surface area contributed by atoms with E-state index in [1.54, 1.807) is 16.8 Å². The third-order valence-electron chi connectivity index (χ3n) is 4.58. The SMILES string of the molecule is CCc1ccc(N2CC(C(=O)N(C)Cc3cc(C)on3)CC2=O)cc1. The fraction of sp³-hybridized carbons (Fsp3) is 0.421. The van der Waals surface area contributed by atoms with Crippen molar-refractivity contribution in [2.24, 2.45) is 5.92 Å². The van der Waals surface area contributed by atoms with Crippen LogP contribution < -0.4 is 4.90 Å². The Kier molecular flexibility index (Phi) is 4.88. The molecule has 1 aliphatic heterocycles. The molecule has 1 aromatic carbocycles. The fourth-order valence-corrected chi connectivity index (χ4v) is 3.16. The predicted molar refractivity (Wildman–Crippen MR) is 94.0 cm³/mol. The largest absolute Gasteiger partial charge is 0.361 e. The van der Waals surface area contributed by atoms with Crippen LogP contribution in [0, 0.1) is 12.8 Å². The number of amides is 2. The van der Waals surface area contributed by atoms with Crippen LogP contribution in [0.15, 0.2) is 34.9 Å². The molecule has 6 heteroatoms. The number of benzene rings is 1. The Morgan fingerprint density at radius 3 is 2.68 bits per heavy atom. The van der Waals surface area contributed by atoms with Gasteiger partial charge in [0, 0.05) is 31.8 Å². The minimum Gasteiger partial charge on any atom is -0.361 e. The molecule has 0 N–H and O–H groups in total. The van der Waals surface area contributed by atoms with E-state index in [0.29, 0.717) is 24.5 Å². The molecule has 1 aromatic heterocycles. The van der Waals surface area contributed by atoms with Crippen molar-refractivity contribution in [2.75, 3.05) is 18.5 Å². The summed E-state index contributed by atoms with van der Waals surface area (Å²) in [6.07, 6.45) is 1.21. The Hall–Kier alpha value is -2.63. The first kappa shape index (κ1) is 17.2. The number of hydrogen-bond acceptors (Lipinski definition) is 4. The lowest BCUT2D eigenvalue weighted by molar-refractivity contribution is -0.135. The zero-order chi connectivity index (χ0) is 18.0. The van der Waals surface area contributed by atoms with Crippen LogP contribution in [0.1, 0.15) is 30.4 Å². The van der Waals surface area contributed by atoms with Gasteiger partial charge in [-0.15, -0.1) is 0 Å². The van der Waals surface area contributed by atoms with Crippen LogP contribution in [0.2, 0.25) is 0 Å². The van der Waals surface area contributed by atoms with E-state index in [1.807, 2.05) is 37.3 Å². The highest BCUT2D eigenvalue weighted by atomic mass is 16.5. The third-order valence-corrected chi connectivity index (χ3v) is 4.58. The Morgan fingerprint density at radius 1 is 1.36 bits per heavy atom. The van der Waals surface area contributed by atoms with E-state index in [1.165, 1.54) is 5.56 Å². The first-order chi connectivity index (χ1) is 12.0. The fourth-order valence-electron chi connectivity index (χ4n) is 3.16. The number of rotatable bonds is 5. The van der Waals surface area contributed by atoms with Crippen LogP contribution in [0.5, 0.6) is 0 Å². The smallest absolute Gasteiger partial charge is 0.228 e. The first-order valence-corrected chi connectivity index (χ1v) is 8.54. The van der Waals surface area contributed by atoms with E-state index in [9.17, 15) is 9.59 Å². The zero-order valence-electron chi connectivity index (χ0n) is 14.9.